The Hall–Kier alpha value is -3.54. The smallest absolute Gasteiger partial charge is 0.270 e. The molecule has 1 heterocycles. The molecule has 3 rings (SSSR count). The van der Waals surface area contributed by atoms with Gasteiger partial charge < -0.3 is 19.5 Å². The van der Waals surface area contributed by atoms with E-state index in [1.54, 1.807) is 35.2 Å². The Morgan fingerprint density at radius 3 is 2.33 bits per heavy atom. The van der Waals surface area contributed by atoms with Crippen molar-refractivity contribution in [2.45, 2.75) is 40.2 Å². The zero-order valence-corrected chi connectivity index (χ0v) is 19.9. The number of para-hydroxylation sites is 2. The second-order valence-corrected chi connectivity index (χ2v) is 7.89. The molecule has 0 aliphatic carbocycles. The van der Waals surface area contributed by atoms with E-state index in [0.717, 1.165) is 35.9 Å². The average molecular weight is 448 g/mol. The highest BCUT2D eigenvalue weighted by molar-refractivity contribution is 6.07. The third-order valence-corrected chi connectivity index (χ3v) is 5.56. The van der Waals surface area contributed by atoms with Crippen molar-refractivity contribution in [3.05, 3.63) is 71.6 Å². The van der Waals surface area contributed by atoms with E-state index in [1.807, 2.05) is 38.2 Å². The van der Waals surface area contributed by atoms with E-state index in [0.29, 0.717) is 24.4 Å². The monoisotopic (exact) mass is 447 g/mol. The fourth-order valence-electron chi connectivity index (χ4n) is 4.01. The first-order chi connectivity index (χ1) is 16.0. The van der Waals surface area contributed by atoms with Crippen LogP contribution in [0.3, 0.4) is 0 Å². The minimum atomic E-state index is -0.376. The van der Waals surface area contributed by atoms with E-state index in [2.05, 4.69) is 22.9 Å². The number of carbonyl (C=O) groups excluding carboxylic acids is 2. The van der Waals surface area contributed by atoms with Crippen LogP contribution in [0.25, 0.3) is 17.0 Å². The van der Waals surface area contributed by atoms with Crippen LogP contribution in [0.4, 0.5) is 0 Å². The molecule has 2 aromatic carbocycles. The maximum absolute atomic E-state index is 13.6. The molecule has 2 amide bonds. The Bertz CT molecular complexity index is 1140. The highest BCUT2D eigenvalue weighted by Gasteiger charge is 2.22. The normalized spacial score (nSPS) is 11.5. The summed E-state index contributed by atoms with van der Waals surface area (Å²) < 4.78 is 7.49. The molecule has 0 aliphatic rings. The van der Waals surface area contributed by atoms with E-state index in [-0.39, 0.29) is 17.5 Å². The predicted molar refractivity (Wildman–Crippen MR) is 133 cm³/mol. The van der Waals surface area contributed by atoms with Gasteiger partial charge in [0.15, 0.2) is 0 Å². The number of nitrogens with zero attached hydrogens (tertiary/aromatic N) is 2. The molecule has 0 fully saturated rings. The summed E-state index contributed by atoms with van der Waals surface area (Å²) in [4.78, 5) is 28.6. The van der Waals surface area contributed by atoms with Gasteiger partial charge >= 0.3 is 0 Å². The topological polar surface area (TPSA) is 63.6 Å². The van der Waals surface area contributed by atoms with Crippen LogP contribution in [0.5, 0.6) is 5.75 Å². The van der Waals surface area contributed by atoms with Crippen LogP contribution in [0.2, 0.25) is 0 Å². The van der Waals surface area contributed by atoms with Gasteiger partial charge in [-0.1, -0.05) is 44.2 Å². The molecule has 6 nitrogen and oxygen atoms in total. The first-order valence-corrected chi connectivity index (χ1v) is 11.6. The molecular weight excluding hydrogens is 414 g/mol. The van der Waals surface area contributed by atoms with E-state index >= 15 is 0 Å². The zero-order valence-electron chi connectivity index (χ0n) is 19.9. The number of aryl methyl sites for hydroxylation is 1. The van der Waals surface area contributed by atoms with Gasteiger partial charge in [0.1, 0.15) is 11.4 Å². The summed E-state index contributed by atoms with van der Waals surface area (Å²) in [5.74, 6) is -0.0992. The number of rotatable bonds is 10. The third-order valence-electron chi connectivity index (χ3n) is 5.56. The first kappa shape index (κ1) is 24.1. The van der Waals surface area contributed by atoms with Crippen LogP contribution < -0.4 is 10.1 Å². The van der Waals surface area contributed by atoms with Gasteiger partial charge in [0, 0.05) is 42.3 Å². The molecule has 0 unspecified atom stereocenters. The van der Waals surface area contributed by atoms with Crippen molar-refractivity contribution in [2.75, 3.05) is 20.2 Å². The van der Waals surface area contributed by atoms with Crippen molar-refractivity contribution in [2.24, 2.45) is 0 Å². The Morgan fingerprint density at radius 2 is 1.67 bits per heavy atom. The summed E-state index contributed by atoms with van der Waals surface area (Å²) >= 11 is 0. The summed E-state index contributed by atoms with van der Waals surface area (Å²) in [6.45, 7) is 8.24. The standard InChI is InChI=1S/C27H33N3O3/c1-5-16-30(17-6-2)27(32)23(28-26(31)22-13-9-11-15-25(22)33-4)18-20-19-29(7-3)24-14-10-8-12-21(20)24/h8-15,18-19H,5-7,16-17H2,1-4H3,(H,28,31). The number of hydrogen-bond donors (Lipinski definition) is 1. The molecule has 0 saturated heterocycles. The summed E-state index contributed by atoms with van der Waals surface area (Å²) in [5, 5.41) is 3.92. The molecule has 33 heavy (non-hydrogen) atoms. The summed E-state index contributed by atoms with van der Waals surface area (Å²) in [6.07, 6.45) is 5.50. The largest absolute Gasteiger partial charge is 0.496 e. The fraction of sp³-hybridized carbons (Fsp3) is 0.333. The Balaban J connectivity index is 2.07. The van der Waals surface area contributed by atoms with Crippen molar-refractivity contribution >= 4 is 28.8 Å². The van der Waals surface area contributed by atoms with Crippen LogP contribution in [-0.4, -0.2) is 41.5 Å². The second kappa shape index (κ2) is 11.4. The van der Waals surface area contributed by atoms with Crippen molar-refractivity contribution in [1.82, 2.24) is 14.8 Å². The van der Waals surface area contributed by atoms with Gasteiger partial charge in [-0.05, 0) is 44.0 Å². The van der Waals surface area contributed by atoms with Crippen molar-refractivity contribution < 1.29 is 14.3 Å². The van der Waals surface area contributed by atoms with E-state index in [4.69, 9.17) is 4.74 Å². The maximum atomic E-state index is 13.6. The first-order valence-electron chi connectivity index (χ1n) is 11.6. The number of fused-ring (bicyclic) bond motifs is 1. The number of nitrogens with one attached hydrogen (secondary N) is 1. The van der Waals surface area contributed by atoms with Crippen molar-refractivity contribution in [3.8, 4) is 5.75 Å². The molecule has 1 aromatic heterocycles. The third kappa shape index (κ3) is 5.45. The van der Waals surface area contributed by atoms with Gasteiger partial charge in [0.05, 0.1) is 12.7 Å². The predicted octanol–water partition coefficient (Wildman–Crippen LogP) is 5.09. The second-order valence-electron chi connectivity index (χ2n) is 7.89. The lowest BCUT2D eigenvalue weighted by atomic mass is 10.1. The number of ether oxygens (including phenoxy) is 1. The molecule has 3 aromatic rings. The quantitative estimate of drug-likeness (QED) is 0.440. The fourth-order valence-corrected chi connectivity index (χ4v) is 4.01. The molecule has 0 aliphatic heterocycles. The molecule has 0 spiro atoms. The van der Waals surface area contributed by atoms with Gasteiger partial charge in [0.2, 0.25) is 0 Å². The Kier molecular flexibility index (Phi) is 8.30. The number of methoxy groups -OCH3 is 1. The van der Waals surface area contributed by atoms with Crippen molar-refractivity contribution in [3.63, 3.8) is 0 Å². The van der Waals surface area contributed by atoms with Crippen LogP contribution in [0.1, 0.15) is 49.5 Å². The number of carbonyl (C=O) groups is 2. The van der Waals surface area contributed by atoms with Crippen LogP contribution in [0, 0.1) is 0 Å². The highest BCUT2D eigenvalue weighted by Crippen LogP contribution is 2.24. The van der Waals surface area contributed by atoms with E-state index < -0.39 is 0 Å². The van der Waals surface area contributed by atoms with Gasteiger partial charge in [-0.25, -0.2) is 0 Å². The molecule has 0 saturated carbocycles. The van der Waals surface area contributed by atoms with Gasteiger partial charge in [0.25, 0.3) is 11.8 Å². The molecule has 1 N–H and O–H groups in total. The number of amides is 2. The lowest BCUT2D eigenvalue weighted by Gasteiger charge is -2.23. The maximum Gasteiger partial charge on any atom is 0.270 e. The number of benzene rings is 2. The van der Waals surface area contributed by atoms with E-state index in [1.165, 1.54) is 7.11 Å². The average Bonchev–Trinajstić information content (AvgIpc) is 3.20. The number of hydrogen-bond acceptors (Lipinski definition) is 3. The Labute approximate surface area is 195 Å². The minimum absolute atomic E-state index is 0.185. The molecule has 0 radical (unpaired) electrons. The van der Waals surface area contributed by atoms with Crippen LogP contribution in [-0.2, 0) is 11.3 Å². The highest BCUT2D eigenvalue weighted by atomic mass is 16.5. The van der Waals surface area contributed by atoms with Crippen LogP contribution in [0.15, 0.2) is 60.4 Å². The number of aromatic nitrogens is 1. The molecule has 6 heteroatoms. The zero-order chi connectivity index (χ0) is 23.8. The van der Waals surface area contributed by atoms with Gasteiger partial charge in [-0.2, -0.15) is 0 Å². The van der Waals surface area contributed by atoms with E-state index in [9.17, 15) is 9.59 Å². The van der Waals surface area contributed by atoms with Gasteiger partial charge in [-0.15, -0.1) is 0 Å². The van der Waals surface area contributed by atoms with Gasteiger partial charge in [-0.3, -0.25) is 9.59 Å². The molecule has 0 atom stereocenters. The summed E-state index contributed by atoms with van der Waals surface area (Å²) in [5.41, 5.74) is 2.62. The van der Waals surface area contributed by atoms with Crippen LogP contribution >= 0.6 is 0 Å². The summed E-state index contributed by atoms with van der Waals surface area (Å²) in [6, 6.07) is 15.1. The SMILES string of the molecule is CCCN(CCC)C(=O)C(=Cc1cn(CC)c2ccccc12)NC(=O)c1ccccc1OC. The lowest BCUT2D eigenvalue weighted by molar-refractivity contribution is -0.127. The summed E-state index contributed by atoms with van der Waals surface area (Å²) in [7, 11) is 1.53. The molecule has 174 valence electrons. The minimum Gasteiger partial charge on any atom is -0.496 e. The molecule has 0 bridgehead atoms. The lowest BCUT2D eigenvalue weighted by Crippen LogP contribution is -2.39. The molecular formula is C27H33N3O3. The Morgan fingerprint density at radius 1 is 1.00 bits per heavy atom. The van der Waals surface area contributed by atoms with Crippen molar-refractivity contribution in [1.29, 1.82) is 0 Å².